The van der Waals surface area contributed by atoms with Crippen LogP contribution in [0.3, 0.4) is 0 Å². The van der Waals surface area contributed by atoms with Crippen LogP contribution >= 0.6 is 11.3 Å². The summed E-state index contributed by atoms with van der Waals surface area (Å²) in [5, 5.41) is 3.49. The zero-order chi connectivity index (χ0) is 20.4. The number of carbonyl (C=O) groups excluding carboxylic acids is 2. The Morgan fingerprint density at radius 2 is 2.00 bits per heavy atom. The van der Waals surface area contributed by atoms with Crippen LogP contribution < -0.4 is 9.47 Å². The monoisotopic (exact) mass is 411 g/mol. The van der Waals surface area contributed by atoms with Crippen molar-refractivity contribution in [3.63, 3.8) is 0 Å². The molecule has 6 nitrogen and oxygen atoms in total. The quantitative estimate of drug-likeness (QED) is 0.452. The topological polar surface area (TPSA) is 66.8 Å². The number of aryl methyl sites for hydroxylation is 1. The lowest BCUT2D eigenvalue weighted by Gasteiger charge is -2.27. The molecular formula is C22H21NO5S. The van der Waals surface area contributed by atoms with Crippen LogP contribution in [0.1, 0.15) is 32.1 Å². The number of nitrogens with zero attached hydrogens (tertiary/aromatic N) is 1. The Hall–Kier alpha value is -3.06. The fourth-order valence-corrected chi connectivity index (χ4v) is 4.02. The third-order valence-electron chi connectivity index (χ3n) is 4.92. The smallest absolute Gasteiger partial charge is 0.339 e. The van der Waals surface area contributed by atoms with Gasteiger partial charge in [-0.1, -0.05) is 12.1 Å². The van der Waals surface area contributed by atoms with Gasteiger partial charge in [0.25, 0.3) is 0 Å². The predicted octanol–water partition coefficient (Wildman–Crippen LogP) is 4.05. The highest BCUT2D eigenvalue weighted by atomic mass is 32.1. The molecule has 3 heterocycles. The van der Waals surface area contributed by atoms with Gasteiger partial charge in [-0.05, 0) is 43.5 Å². The fourth-order valence-electron chi connectivity index (χ4n) is 3.39. The maximum Gasteiger partial charge on any atom is 0.339 e. The van der Waals surface area contributed by atoms with Gasteiger partial charge in [0, 0.05) is 22.3 Å². The normalized spacial score (nSPS) is 15.2. The van der Waals surface area contributed by atoms with Gasteiger partial charge in [-0.2, -0.15) is 11.3 Å². The predicted molar refractivity (Wildman–Crippen MR) is 109 cm³/mol. The number of benzene rings is 1. The van der Waals surface area contributed by atoms with Gasteiger partial charge in [0.1, 0.15) is 6.61 Å². The first-order chi connectivity index (χ1) is 14.0. The molecule has 7 heteroatoms. The van der Waals surface area contributed by atoms with Crippen LogP contribution in [0.5, 0.6) is 11.5 Å². The molecule has 4 rings (SSSR count). The summed E-state index contributed by atoms with van der Waals surface area (Å²) in [6.07, 6.45) is -0.158. The summed E-state index contributed by atoms with van der Waals surface area (Å²) < 4.78 is 19.0. The first-order valence-corrected chi connectivity index (χ1v) is 10.2. The molecular weight excluding hydrogens is 390 g/mol. The second kappa shape index (κ2) is 8.13. The minimum atomic E-state index is -0.486. The van der Waals surface area contributed by atoms with Crippen LogP contribution in [0.4, 0.5) is 0 Å². The lowest BCUT2D eigenvalue weighted by Crippen LogP contribution is -2.33. The highest BCUT2D eigenvalue weighted by molar-refractivity contribution is 7.08. The van der Waals surface area contributed by atoms with Crippen molar-refractivity contribution >= 4 is 23.1 Å². The molecule has 0 fully saturated rings. The van der Waals surface area contributed by atoms with Crippen molar-refractivity contribution < 1.29 is 23.8 Å². The molecule has 0 bridgehead atoms. The number of ether oxygens (including phenoxy) is 3. The second-order valence-corrected chi connectivity index (χ2v) is 7.68. The largest absolute Gasteiger partial charge is 0.486 e. The second-order valence-electron chi connectivity index (χ2n) is 6.90. The minimum Gasteiger partial charge on any atom is -0.486 e. The molecule has 1 aliphatic heterocycles. The van der Waals surface area contributed by atoms with E-state index in [0.717, 1.165) is 22.9 Å². The number of thiophene rings is 1. The Morgan fingerprint density at radius 3 is 2.76 bits per heavy atom. The fraction of sp³-hybridized carbons (Fsp3) is 0.273. The molecule has 29 heavy (non-hydrogen) atoms. The number of ketones is 1. The number of rotatable bonds is 6. The zero-order valence-electron chi connectivity index (χ0n) is 16.2. The van der Waals surface area contributed by atoms with Gasteiger partial charge in [0.2, 0.25) is 5.78 Å². The van der Waals surface area contributed by atoms with Gasteiger partial charge in [-0.3, -0.25) is 4.79 Å². The Bertz CT molecular complexity index is 1040. The van der Waals surface area contributed by atoms with Crippen molar-refractivity contribution in [2.24, 2.45) is 0 Å². The molecule has 0 saturated carbocycles. The van der Waals surface area contributed by atoms with E-state index in [9.17, 15) is 9.59 Å². The van der Waals surface area contributed by atoms with Crippen molar-refractivity contribution in [3.05, 3.63) is 69.7 Å². The maximum atomic E-state index is 12.6. The van der Waals surface area contributed by atoms with E-state index in [1.54, 1.807) is 16.8 Å². The van der Waals surface area contributed by atoms with E-state index in [2.05, 4.69) is 0 Å². The van der Waals surface area contributed by atoms with Gasteiger partial charge in [-0.25, -0.2) is 4.79 Å². The van der Waals surface area contributed by atoms with E-state index in [4.69, 9.17) is 14.2 Å². The molecule has 3 aromatic rings. The van der Waals surface area contributed by atoms with E-state index >= 15 is 0 Å². The summed E-state index contributed by atoms with van der Waals surface area (Å²) in [5.74, 6) is 0.759. The van der Waals surface area contributed by atoms with E-state index in [-0.39, 0.29) is 18.5 Å². The number of hydrogen-bond donors (Lipinski definition) is 0. The van der Waals surface area contributed by atoms with Crippen molar-refractivity contribution in [3.8, 4) is 11.5 Å². The first-order valence-electron chi connectivity index (χ1n) is 9.30. The summed E-state index contributed by atoms with van der Waals surface area (Å²) in [4.78, 5) is 24.6. The Kier molecular flexibility index (Phi) is 5.40. The molecule has 1 unspecified atom stereocenters. The lowest BCUT2D eigenvalue weighted by molar-refractivity contribution is 0.0475. The number of esters is 1. The molecule has 2 aromatic heterocycles. The first kappa shape index (κ1) is 19.3. The van der Waals surface area contributed by atoms with Gasteiger partial charge in [-0.15, -0.1) is 0 Å². The third-order valence-corrected chi connectivity index (χ3v) is 5.60. The van der Waals surface area contributed by atoms with E-state index < -0.39 is 5.97 Å². The van der Waals surface area contributed by atoms with E-state index in [1.807, 2.05) is 48.7 Å². The van der Waals surface area contributed by atoms with Crippen LogP contribution in [0.2, 0.25) is 0 Å². The SMILES string of the molecule is Cc1cc(C(=O)COC(=O)c2ccsc2)c(C)n1CC1COc2ccccc2O1. The standard InChI is InChI=1S/C22H21NO5S/c1-14-9-18(19(24)12-27-22(25)16-7-8-29-13-16)15(2)23(14)10-17-11-26-20-5-3-4-6-21(20)28-17/h3-9,13,17H,10-12H2,1-2H3. The average molecular weight is 411 g/mol. The minimum absolute atomic E-state index is 0.158. The molecule has 0 aliphatic carbocycles. The third kappa shape index (κ3) is 4.05. The Morgan fingerprint density at radius 1 is 1.21 bits per heavy atom. The molecule has 1 atom stereocenters. The molecule has 0 saturated heterocycles. The Labute approximate surface area is 172 Å². The summed E-state index contributed by atoms with van der Waals surface area (Å²) in [6, 6.07) is 11.1. The van der Waals surface area contributed by atoms with Crippen molar-refractivity contribution in [2.45, 2.75) is 26.5 Å². The van der Waals surface area contributed by atoms with Crippen LogP contribution in [0.25, 0.3) is 0 Å². The average Bonchev–Trinajstić information content (AvgIpc) is 3.36. The molecule has 0 spiro atoms. The molecule has 0 radical (unpaired) electrons. The number of fused-ring (bicyclic) bond motifs is 1. The lowest BCUT2D eigenvalue weighted by atomic mass is 10.1. The van der Waals surface area contributed by atoms with Gasteiger partial charge in [0.15, 0.2) is 24.2 Å². The number of para-hydroxylation sites is 2. The molecule has 1 aromatic carbocycles. The highest BCUT2D eigenvalue weighted by Gasteiger charge is 2.24. The number of hydrogen-bond acceptors (Lipinski definition) is 6. The molecule has 0 N–H and O–H groups in total. The molecule has 150 valence electrons. The van der Waals surface area contributed by atoms with Crippen LogP contribution in [0, 0.1) is 13.8 Å². The van der Waals surface area contributed by atoms with E-state index in [1.165, 1.54) is 11.3 Å². The molecule has 1 aliphatic rings. The summed E-state index contributed by atoms with van der Waals surface area (Å²) in [6.45, 7) is 4.55. The van der Waals surface area contributed by atoms with Crippen molar-refractivity contribution in [1.29, 1.82) is 0 Å². The van der Waals surface area contributed by atoms with Gasteiger partial charge in [0.05, 0.1) is 12.1 Å². The number of aromatic nitrogens is 1. The maximum absolute atomic E-state index is 12.6. The summed E-state index contributed by atoms with van der Waals surface area (Å²) >= 11 is 1.41. The van der Waals surface area contributed by atoms with Gasteiger partial charge >= 0.3 is 5.97 Å². The molecule has 0 amide bonds. The van der Waals surface area contributed by atoms with Crippen LogP contribution in [0.15, 0.2) is 47.2 Å². The highest BCUT2D eigenvalue weighted by Crippen LogP contribution is 2.31. The van der Waals surface area contributed by atoms with Gasteiger partial charge < -0.3 is 18.8 Å². The number of Topliss-reactive ketones (excluding diaryl/α,β-unsaturated/α-hetero) is 1. The van der Waals surface area contributed by atoms with Crippen molar-refractivity contribution in [2.75, 3.05) is 13.2 Å². The van der Waals surface area contributed by atoms with E-state index in [0.29, 0.717) is 24.3 Å². The number of carbonyl (C=O) groups is 2. The van der Waals surface area contributed by atoms with Crippen LogP contribution in [-0.2, 0) is 11.3 Å². The van der Waals surface area contributed by atoms with Crippen molar-refractivity contribution in [1.82, 2.24) is 4.57 Å². The summed E-state index contributed by atoms with van der Waals surface area (Å²) in [7, 11) is 0. The van der Waals surface area contributed by atoms with Crippen LogP contribution in [-0.4, -0.2) is 35.6 Å². The zero-order valence-corrected chi connectivity index (χ0v) is 17.0. The summed E-state index contributed by atoms with van der Waals surface area (Å²) in [5.41, 5.74) is 2.78. The Balaban J connectivity index is 1.42.